The zero-order valence-electron chi connectivity index (χ0n) is 12.8. The van der Waals surface area contributed by atoms with Crippen LogP contribution >= 0.6 is 0 Å². The molecule has 1 aromatic rings. The largest absolute Gasteiger partial charge is 0.352 e. The third kappa shape index (κ3) is 3.23. The first-order valence-electron chi connectivity index (χ1n) is 7.59. The van der Waals surface area contributed by atoms with Crippen LogP contribution in [0.1, 0.15) is 35.7 Å². The van der Waals surface area contributed by atoms with Gasteiger partial charge in [0.2, 0.25) is 15.9 Å². The summed E-state index contributed by atoms with van der Waals surface area (Å²) in [5.41, 5.74) is 1.26. The summed E-state index contributed by atoms with van der Waals surface area (Å²) in [5.74, 6) is -0.319. The summed E-state index contributed by atoms with van der Waals surface area (Å²) in [7, 11) is -3.75. The maximum Gasteiger partial charge on any atom is 0.251 e. The number of fused-ring (bicyclic) bond motifs is 1. The van der Waals surface area contributed by atoms with Gasteiger partial charge in [0.05, 0.1) is 4.90 Å². The van der Waals surface area contributed by atoms with Crippen molar-refractivity contribution >= 4 is 21.8 Å². The number of carbonyl (C=O) groups excluding carboxylic acids is 2. The first-order valence-corrected chi connectivity index (χ1v) is 9.08. The third-order valence-corrected chi connectivity index (χ3v) is 5.78. The van der Waals surface area contributed by atoms with Crippen molar-refractivity contribution in [2.45, 2.75) is 43.2 Å². The molecular weight excluding hydrogens is 318 g/mol. The summed E-state index contributed by atoms with van der Waals surface area (Å²) >= 11 is 0. The molecule has 1 aromatic carbocycles. The van der Waals surface area contributed by atoms with Gasteiger partial charge in [-0.3, -0.25) is 9.59 Å². The summed E-state index contributed by atoms with van der Waals surface area (Å²) in [6, 6.07) is 3.99. The normalized spacial score (nSPS) is 24.6. The molecule has 1 saturated heterocycles. The summed E-state index contributed by atoms with van der Waals surface area (Å²) in [4.78, 5) is 23.3. The highest BCUT2D eigenvalue weighted by molar-refractivity contribution is 7.89. The van der Waals surface area contributed by atoms with Crippen molar-refractivity contribution in [3.8, 4) is 0 Å². The van der Waals surface area contributed by atoms with Gasteiger partial charge >= 0.3 is 0 Å². The van der Waals surface area contributed by atoms with Crippen LogP contribution < -0.4 is 15.4 Å². The number of carbonyl (C=O) groups is 2. The number of hydrogen-bond acceptors (Lipinski definition) is 4. The van der Waals surface area contributed by atoms with Gasteiger partial charge in [-0.15, -0.1) is 0 Å². The maximum absolute atomic E-state index is 12.6. The second-order valence-electron chi connectivity index (χ2n) is 5.95. The molecule has 8 heteroatoms. The van der Waals surface area contributed by atoms with Crippen molar-refractivity contribution in [1.82, 2.24) is 15.4 Å². The molecule has 3 rings (SSSR count). The van der Waals surface area contributed by atoms with Crippen LogP contribution in [0, 0.1) is 0 Å². The Morgan fingerprint density at radius 3 is 2.74 bits per heavy atom. The Morgan fingerprint density at radius 2 is 2.00 bits per heavy atom. The lowest BCUT2D eigenvalue weighted by atomic mass is 10.0. The van der Waals surface area contributed by atoms with Crippen LogP contribution in [0.25, 0.3) is 0 Å². The Morgan fingerprint density at radius 1 is 1.22 bits per heavy atom. The minimum absolute atomic E-state index is 0.0670. The summed E-state index contributed by atoms with van der Waals surface area (Å²) in [6.45, 7) is 2.33. The van der Waals surface area contributed by atoms with E-state index in [0.29, 0.717) is 31.4 Å². The maximum atomic E-state index is 12.6. The molecule has 3 N–H and O–H groups in total. The lowest BCUT2D eigenvalue weighted by Gasteiger charge is -2.30. The van der Waals surface area contributed by atoms with Crippen LogP contribution in [0.3, 0.4) is 0 Å². The standard InChI is InChI=1S/C15H19N3O4S/c1-9-13(4-5-14(19)17-9)18-23(21,22)11-3-2-10-6-7-16-15(20)12(10)8-11/h2-3,8-9,13,18H,4-7H2,1H3,(H,16,20)(H,17,19). The van der Waals surface area contributed by atoms with Crippen molar-refractivity contribution in [1.29, 1.82) is 0 Å². The molecule has 2 amide bonds. The average molecular weight is 337 g/mol. The van der Waals surface area contributed by atoms with E-state index in [1.807, 2.05) is 0 Å². The highest BCUT2D eigenvalue weighted by atomic mass is 32.2. The number of piperidine rings is 1. The number of amides is 2. The lowest BCUT2D eigenvalue weighted by Crippen LogP contribution is -2.53. The van der Waals surface area contributed by atoms with Gasteiger partial charge in [0.1, 0.15) is 0 Å². The van der Waals surface area contributed by atoms with E-state index in [1.54, 1.807) is 13.0 Å². The number of hydrogen-bond donors (Lipinski definition) is 3. The van der Waals surface area contributed by atoms with Gasteiger partial charge in [0.25, 0.3) is 5.91 Å². The molecule has 0 radical (unpaired) electrons. The predicted molar refractivity (Wildman–Crippen MR) is 83.4 cm³/mol. The molecule has 1 fully saturated rings. The topological polar surface area (TPSA) is 104 Å². The van der Waals surface area contributed by atoms with E-state index in [4.69, 9.17) is 0 Å². The van der Waals surface area contributed by atoms with E-state index in [0.717, 1.165) is 5.56 Å². The third-order valence-electron chi connectivity index (χ3n) is 4.30. The van der Waals surface area contributed by atoms with Crippen LogP contribution in [0.15, 0.2) is 23.1 Å². The van der Waals surface area contributed by atoms with Crippen LogP contribution in [-0.2, 0) is 21.2 Å². The average Bonchev–Trinajstić information content (AvgIpc) is 2.50. The SMILES string of the molecule is CC1NC(=O)CCC1NS(=O)(=O)c1ccc2c(c1)C(=O)NCC2. The van der Waals surface area contributed by atoms with Crippen LogP contribution in [-0.4, -0.2) is 38.9 Å². The van der Waals surface area contributed by atoms with E-state index in [-0.39, 0.29) is 28.8 Å². The van der Waals surface area contributed by atoms with E-state index < -0.39 is 10.0 Å². The molecule has 0 saturated carbocycles. The summed E-state index contributed by atoms with van der Waals surface area (Å²) in [6.07, 6.45) is 1.45. The fourth-order valence-corrected chi connectivity index (χ4v) is 4.33. The quantitative estimate of drug-likeness (QED) is 0.717. The van der Waals surface area contributed by atoms with E-state index in [1.165, 1.54) is 12.1 Å². The van der Waals surface area contributed by atoms with Crippen LogP contribution in [0.4, 0.5) is 0 Å². The number of nitrogens with one attached hydrogen (secondary N) is 3. The van der Waals surface area contributed by atoms with Crippen LogP contribution in [0.5, 0.6) is 0 Å². The van der Waals surface area contributed by atoms with E-state index >= 15 is 0 Å². The Labute approximate surface area is 134 Å². The minimum Gasteiger partial charge on any atom is -0.352 e. The highest BCUT2D eigenvalue weighted by Crippen LogP contribution is 2.20. The molecule has 2 aliphatic heterocycles. The minimum atomic E-state index is -3.75. The van der Waals surface area contributed by atoms with Gasteiger partial charge in [0, 0.05) is 30.6 Å². The molecule has 2 unspecified atom stereocenters. The Balaban J connectivity index is 1.84. The Bertz CT molecular complexity index is 760. The smallest absolute Gasteiger partial charge is 0.251 e. The van der Waals surface area contributed by atoms with Gasteiger partial charge in [-0.1, -0.05) is 6.07 Å². The number of sulfonamides is 1. The molecule has 2 aliphatic rings. The van der Waals surface area contributed by atoms with Gasteiger partial charge in [-0.25, -0.2) is 13.1 Å². The first-order chi connectivity index (χ1) is 10.9. The molecule has 23 heavy (non-hydrogen) atoms. The lowest BCUT2D eigenvalue weighted by molar-refractivity contribution is -0.123. The predicted octanol–water partition coefficient (Wildman–Crippen LogP) is -0.0821. The molecule has 2 atom stereocenters. The first kappa shape index (κ1) is 15.9. The van der Waals surface area contributed by atoms with Crippen molar-refractivity contribution < 1.29 is 18.0 Å². The van der Waals surface area contributed by atoms with Gasteiger partial charge < -0.3 is 10.6 Å². The van der Waals surface area contributed by atoms with Crippen molar-refractivity contribution in [2.75, 3.05) is 6.54 Å². The molecular formula is C15H19N3O4S. The van der Waals surface area contributed by atoms with Crippen LogP contribution in [0.2, 0.25) is 0 Å². The van der Waals surface area contributed by atoms with Crippen molar-refractivity contribution in [2.24, 2.45) is 0 Å². The molecule has 7 nitrogen and oxygen atoms in total. The molecule has 0 spiro atoms. The zero-order chi connectivity index (χ0) is 16.6. The molecule has 124 valence electrons. The fraction of sp³-hybridized carbons (Fsp3) is 0.467. The van der Waals surface area contributed by atoms with Crippen molar-refractivity contribution in [3.63, 3.8) is 0 Å². The number of benzene rings is 1. The number of rotatable bonds is 3. The van der Waals surface area contributed by atoms with Gasteiger partial charge in [-0.05, 0) is 37.5 Å². The monoisotopic (exact) mass is 337 g/mol. The van der Waals surface area contributed by atoms with E-state index in [2.05, 4.69) is 15.4 Å². The molecule has 0 bridgehead atoms. The van der Waals surface area contributed by atoms with E-state index in [9.17, 15) is 18.0 Å². The van der Waals surface area contributed by atoms with Crippen molar-refractivity contribution in [3.05, 3.63) is 29.3 Å². The molecule has 0 aliphatic carbocycles. The fourth-order valence-electron chi connectivity index (χ4n) is 2.95. The van der Waals surface area contributed by atoms with Gasteiger partial charge in [-0.2, -0.15) is 0 Å². The second-order valence-corrected chi connectivity index (χ2v) is 7.66. The zero-order valence-corrected chi connectivity index (χ0v) is 13.6. The molecule has 0 aromatic heterocycles. The molecule has 2 heterocycles. The van der Waals surface area contributed by atoms with Gasteiger partial charge in [0.15, 0.2) is 0 Å². The Hall–Kier alpha value is -1.93. The summed E-state index contributed by atoms with van der Waals surface area (Å²) < 4.78 is 27.8. The highest BCUT2D eigenvalue weighted by Gasteiger charge is 2.30. The summed E-state index contributed by atoms with van der Waals surface area (Å²) in [5, 5.41) is 5.44. The second kappa shape index (κ2) is 5.93. The Kier molecular flexibility index (Phi) is 4.11.